The lowest BCUT2D eigenvalue weighted by Gasteiger charge is -2.29. The highest BCUT2D eigenvalue weighted by Gasteiger charge is 2.21. The quantitative estimate of drug-likeness (QED) is 0.765. The Morgan fingerprint density at radius 1 is 1.07 bits per heavy atom. The van der Waals surface area contributed by atoms with Crippen molar-refractivity contribution in [2.24, 2.45) is 0 Å². The zero-order valence-electron chi connectivity index (χ0n) is 15.1. The zero-order valence-corrected chi connectivity index (χ0v) is 15.1. The lowest BCUT2D eigenvalue weighted by Crippen LogP contribution is -2.32. The predicted octanol–water partition coefficient (Wildman–Crippen LogP) is 2.25. The molecule has 0 saturated carbocycles. The molecule has 1 saturated heterocycles. The van der Waals surface area contributed by atoms with E-state index in [1.165, 1.54) is 12.4 Å². The molecular weight excluding hydrogens is 342 g/mol. The highest BCUT2D eigenvalue weighted by molar-refractivity contribution is 6.03. The first-order valence-electron chi connectivity index (χ1n) is 8.97. The molecule has 0 aliphatic carbocycles. The number of piperidine rings is 1. The van der Waals surface area contributed by atoms with Crippen LogP contribution in [-0.4, -0.2) is 55.7 Å². The molecule has 8 nitrogen and oxygen atoms in total. The van der Waals surface area contributed by atoms with Gasteiger partial charge in [0.2, 0.25) is 0 Å². The van der Waals surface area contributed by atoms with E-state index in [0.717, 1.165) is 25.9 Å². The third kappa shape index (κ3) is 3.85. The first kappa shape index (κ1) is 17.3. The molecule has 0 radical (unpaired) electrons. The molecule has 27 heavy (non-hydrogen) atoms. The predicted molar refractivity (Wildman–Crippen MR) is 101 cm³/mol. The van der Waals surface area contributed by atoms with Crippen LogP contribution in [0.4, 0.5) is 5.82 Å². The summed E-state index contributed by atoms with van der Waals surface area (Å²) in [5.41, 5.74) is 1.07. The van der Waals surface area contributed by atoms with Gasteiger partial charge in [-0.1, -0.05) is 6.07 Å². The smallest absolute Gasteiger partial charge is 0.259 e. The van der Waals surface area contributed by atoms with Crippen molar-refractivity contribution in [1.82, 2.24) is 29.6 Å². The minimum absolute atomic E-state index is 0.253. The molecule has 3 aromatic rings. The third-order valence-electron chi connectivity index (χ3n) is 4.75. The third-order valence-corrected chi connectivity index (χ3v) is 4.75. The van der Waals surface area contributed by atoms with E-state index in [9.17, 15) is 4.79 Å². The number of nitrogens with zero attached hydrogens (tertiary/aromatic N) is 6. The van der Waals surface area contributed by atoms with Crippen LogP contribution in [0.2, 0.25) is 0 Å². The fourth-order valence-electron chi connectivity index (χ4n) is 3.20. The molecule has 1 amide bonds. The zero-order chi connectivity index (χ0) is 18.6. The van der Waals surface area contributed by atoms with E-state index >= 15 is 0 Å². The number of hydrogen-bond donors (Lipinski definition) is 1. The molecular formula is C19H21N7O. The normalized spacial score (nSPS) is 15.6. The number of anilines is 1. The van der Waals surface area contributed by atoms with Crippen LogP contribution in [-0.2, 0) is 0 Å². The Morgan fingerprint density at radius 2 is 1.85 bits per heavy atom. The van der Waals surface area contributed by atoms with Crippen LogP contribution in [0.3, 0.4) is 0 Å². The number of likely N-dealkylation sites (tertiary alicyclic amines) is 1. The maximum absolute atomic E-state index is 12.6. The molecule has 4 rings (SSSR count). The second-order valence-electron chi connectivity index (χ2n) is 6.66. The highest BCUT2D eigenvalue weighted by Crippen LogP contribution is 2.25. The van der Waals surface area contributed by atoms with E-state index in [1.807, 2.05) is 28.9 Å². The van der Waals surface area contributed by atoms with Gasteiger partial charge in [0, 0.05) is 24.7 Å². The molecule has 8 heteroatoms. The fourth-order valence-corrected chi connectivity index (χ4v) is 3.20. The van der Waals surface area contributed by atoms with Gasteiger partial charge < -0.3 is 10.2 Å². The highest BCUT2D eigenvalue weighted by atomic mass is 16.1. The molecule has 1 aliphatic rings. The number of nitrogens with one attached hydrogen (secondary N) is 1. The number of hydrogen-bond acceptors (Lipinski definition) is 6. The van der Waals surface area contributed by atoms with Crippen molar-refractivity contribution in [3.8, 4) is 11.5 Å². The first-order valence-corrected chi connectivity index (χ1v) is 8.97. The van der Waals surface area contributed by atoms with E-state index in [2.05, 4.69) is 37.3 Å². The van der Waals surface area contributed by atoms with E-state index < -0.39 is 0 Å². The van der Waals surface area contributed by atoms with E-state index in [0.29, 0.717) is 28.9 Å². The van der Waals surface area contributed by atoms with E-state index in [4.69, 9.17) is 0 Å². The van der Waals surface area contributed by atoms with Crippen molar-refractivity contribution < 1.29 is 4.79 Å². The molecule has 0 bridgehead atoms. The van der Waals surface area contributed by atoms with Gasteiger partial charge in [-0.3, -0.25) is 9.78 Å². The second-order valence-corrected chi connectivity index (χ2v) is 6.66. The molecule has 1 fully saturated rings. The summed E-state index contributed by atoms with van der Waals surface area (Å²) in [6, 6.07) is 7.65. The number of carbonyl (C=O) groups is 1. The Balaban J connectivity index is 1.46. The lowest BCUT2D eigenvalue weighted by molar-refractivity contribution is 0.102. The standard InChI is InChI=1S/C19H21N7O/c1-25-10-6-15(7-11-25)26-17(5-9-23-26)24-19(27)14-12-21-18(22-13-14)16-4-2-3-8-20-16/h2-5,8-9,12-13,15H,6-7,10-11H2,1H3,(H,24,27). The summed E-state index contributed by atoms with van der Waals surface area (Å²) in [4.78, 5) is 27.6. The maximum atomic E-state index is 12.6. The summed E-state index contributed by atoms with van der Waals surface area (Å²) in [5, 5.41) is 7.34. The molecule has 0 spiro atoms. The lowest BCUT2D eigenvalue weighted by atomic mass is 10.1. The average molecular weight is 363 g/mol. The van der Waals surface area contributed by atoms with Crippen LogP contribution in [0, 0.1) is 0 Å². The summed E-state index contributed by atoms with van der Waals surface area (Å²) in [6.07, 6.45) is 8.47. The molecule has 1 N–H and O–H groups in total. The van der Waals surface area contributed by atoms with Gasteiger partial charge in [-0.05, 0) is 45.1 Å². The number of pyridine rings is 1. The van der Waals surface area contributed by atoms with Gasteiger partial charge in [-0.15, -0.1) is 0 Å². The molecule has 0 unspecified atom stereocenters. The number of carbonyl (C=O) groups excluding carboxylic acids is 1. The summed E-state index contributed by atoms with van der Waals surface area (Å²) in [6.45, 7) is 2.06. The SMILES string of the molecule is CN1CCC(n2nccc2NC(=O)c2cnc(-c3ccccn3)nc2)CC1. The Bertz CT molecular complexity index is 899. The van der Waals surface area contributed by atoms with E-state index in [1.54, 1.807) is 12.4 Å². The van der Waals surface area contributed by atoms with Gasteiger partial charge in [-0.25, -0.2) is 14.6 Å². The Kier molecular flexibility index (Phi) is 4.88. The fraction of sp³-hybridized carbons (Fsp3) is 0.316. The summed E-state index contributed by atoms with van der Waals surface area (Å²) >= 11 is 0. The molecule has 0 aromatic carbocycles. The summed E-state index contributed by atoms with van der Waals surface area (Å²) in [5.74, 6) is 0.934. The van der Waals surface area contributed by atoms with Crippen LogP contribution in [0.15, 0.2) is 49.1 Å². The minimum atomic E-state index is -0.253. The largest absolute Gasteiger partial charge is 0.307 e. The van der Waals surface area contributed by atoms with Gasteiger partial charge in [0.25, 0.3) is 5.91 Å². The molecule has 138 valence electrons. The van der Waals surface area contributed by atoms with Gasteiger partial charge in [0.1, 0.15) is 11.5 Å². The number of rotatable bonds is 4. The van der Waals surface area contributed by atoms with Gasteiger partial charge >= 0.3 is 0 Å². The van der Waals surface area contributed by atoms with Crippen LogP contribution >= 0.6 is 0 Å². The molecule has 1 aliphatic heterocycles. The minimum Gasteiger partial charge on any atom is -0.307 e. The Hall–Kier alpha value is -3.13. The van der Waals surface area contributed by atoms with Crippen molar-refractivity contribution in [2.45, 2.75) is 18.9 Å². The van der Waals surface area contributed by atoms with Gasteiger partial charge in [-0.2, -0.15) is 5.10 Å². The second kappa shape index (κ2) is 7.63. The Labute approximate surface area is 157 Å². The van der Waals surface area contributed by atoms with Crippen molar-refractivity contribution in [2.75, 3.05) is 25.5 Å². The van der Waals surface area contributed by atoms with E-state index in [-0.39, 0.29) is 5.91 Å². The topological polar surface area (TPSA) is 88.8 Å². The summed E-state index contributed by atoms with van der Waals surface area (Å²) in [7, 11) is 2.12. The molecule has 4 heterocycles. The van der Waals surface area contributed by atoms with Crippen LogP contribution in [0.1, 0.15) is 29.2 Å². The molecule has 3 aromatic heterocycles. The number of amides is 1. The monoisotopic (exact) mass is 363 g/mol. The van der Waals surface area contributed by atoms with Crippen molar-refractivity contribution >= 4 is 11.7 Å². The molecule has 0 atom stereocenters. The van der Waals surface area contributed by atoms with Crippen molar-refractivity contribution in [1.29, 1.82) is 0 Å². The van der Waals surface area contributed by atoms with Crippen LogP contribution in [0.5, 0.6) is 0 Å². The van der Waals surface area contributed by atoms with Crippen molar-refractivity contribution in [3.05, 3.63) is 54.6 Å². The maximum Gasteiger partial charge on any atom is 0.259 e. The number of aromatic nitrogens is 5. The Morgan fingerprint density at radius 3 is 2.56 bits per heavy atom. The van der Waals surface area contributed by atoms with Crippen LogP contribution < -0.4 is 5.32 Å². The average Bonchev–Trinajstić information content (AvgIpc) is 3.17. The van der Waals surface area contributed by atoms with Crippen molar-refractivity contribution in [3.63, 3.8) is 0 Å². The first-order chi connectivity index (χ1) is 13.2. The van der Waals surface area contributed by atoms with Gasteiger partial charge in [0.15, 0.2) is 5.82 Å². The van der Waals surface area contributed by atoms with Gasteiger partial charge in [0.05, 0.1) is 17.8 Å². The summed E-state index contributed by atoms with van der Waals surface area (Å²) < 4.78 is 1.91. The van der Waals surface area contributed by atoms with Crippen LogP contribution in [0.25, 0.3) is 11.5 Å².